The third-order valence-corrected chi connectivity index (χ3v) is 3.38. The van der Waals surface area contributed by atoms with Crippen LogP contribution in [0.3, 0.4) is 0 Å². The van der Waals surface area contributed by atoms with Gasteiger partial charge in [-0.3, -0.25) is 0 Å². The average Bonchev–Trinajstić information content (AvgIpc) is 3.19. The Morgan fingerprint density at radius 3 is 2.61 bits per heavy atom. The minimum absolute atomic E-state index is 0.358. The number of hydrogen-bond acceptors (Lipinski definition) is 4. The lowest BCUT2D eigenvalue weighted by Crippen LogP contribution is -2.27. The standard InChI is InChI=1S/C14H24N4/c1-5-18(9-11-6-7-11)13-8-12(15-4)16-14(17-13)10(2)3/h8,10-11H,5-7,9H2,1-4H3,(H,15,16,17). The summed E-state index contributed by atoms with van der Waals surface area (Å²) < 4.78 is 0. The minimum Gasteiger partial charge on any atom is -0.373 e. The van der Waals surface area contributed by atoms with Crippen LogP contribution in [-0.4, -0.2) is 30.1 Å². The molecule has 0 aromatic carbocycles. The van der Waals surface area contributed by atoms with E-state index in [0.29, 0.717) is 5.92 Å². The number of nitrogens with zero attached hydrogens (tertiary/aromatic N) is 3. The van der Waals surface area contributed by atoms with Crippen LogP contribution in [0, 0.1) is 5.92 Å². The molecule has 1 heterocycles. The molecule has 1 aromatic rings. The van der Waals surface area contributed by atoms with Gasteiger partial charge in [0, 0.05) is 32.1 Å². The number of nitrogens with one attached hydrogen (secondary N) is 1. The summed E-state index contributed by atoms with van der Waals surface area (Å²) in [6.07, 6.45) is 2.75. The van der Waals surface area contributed by atoms with Gasteiger partial charge in [0.15, 0.2) is 0 Å². The molecule has 0 unspecified atom stereocenters. The highest BCUT2D eigenvalue weighted by molar-refractivity contribution is 5.49. The molecule has 0 aliphatic heterocycles. The molecular weight excluding hydrogens is 224 g/mol. The van der Waals surface area contributed by atoms with Crippen LogP contribution in [0.15, 0.2) is 6.07 Å². The van der Waals surface area contributed by atoms with Crippen LogP contribution < -0.4 is 10.2 Å². The minimum atomic E-state index is 0.358. The summed E-state index contributed by atoms with van der Waals surface area (Å²) in [5, 5.41) is 3.13. The first-order valence-electron chi connectivity index (χ1n) is 6.95. The van der Waals surface area contributed by atoms with Crippen LogP contribution in [0.1, 0.15) is 45.4 Å². The first-order chi connectivity index (χ1) is 8.63. The number of rotatable bonds is 6. The quantitative estimate of drug-likeness (QED) is 0.840. The van der Waals surface area contributed by atoms with Gasteiger partial charge in [-0.1, -0.05) is 13.8 Å². The van der Waals surface area contributed by atoms with E-state index < -0.39 is 0 Å². The Morgan fingerprint density at radius 2 is 2.11 bits per heavy atom. The second-order valence-corrected chi connectivity index (χ2v) is 5.36. The molecule has 0 bridgehead atoms. The molecule has 1 N–H and O–H groups in total. The maximum absolute atomic E-state index is 4.71. The van der Waals surface area contributed by atoms with E-state index in [1.54, 1.807) is 0 Å². The SMILES string of the molecule is CCN(CC1CC1)c1cc(NC)nc(C(C)C)n1. The molecule has 1 aromatic heterocycles. The van der Waals surface area contributed by atoms with Crippen LogP contribution in [0.4, 0.5) is 11.6 Å². The summed E-state index contributed by atoms with van der Waals surface area (Å²) in [7, 11) is 1.91. The predicted molar refractivity (Wildman–Crippen MR) is 76.3 cm³/mol. The van der Waals surface area contributed by atoms with Gasteiger partial charge < -0.3 is 10.2 Å². The normalized spacial score (nSPS) is 14.9. The zero-order chi connectivity index (χ0) is 13.1. The van der Waals surface area contributed by atoms with Crippen LogP contribution in [-0.2, 0) is 0 Å². The third kappa shape index (κ3) is 3.12. The molecule has 2 rings (SSSR count). The van der Waals surface area contributed by atoms with Crippen molar-refractivity contribution in [2.45, 2.75) is 39.5 Å². The van der Waals surface area contributed by atoms with E-state index >= 15 is 0 Å². The first-order valence-corrected chi connectivity index (χ1v) is 6.95. The monoisotopic (exact) mass is 248 g/mol. The molecule has 0 atom stereocenters. The van der Waals surface area contributed by atoms with Gasteiger partial charge in [0.05, 0.1) is 0 Å². The predicted octanol–water partition coefficient (Wildman–Crippen LogP) is 2.88. The zero-order valence-electron chi connectivity index (χ0n) is 11.9. The van der Waals surface area contributed by atoms with Crippen molar-refractivity contribution in [3.8, 4) is 0 Å². The van der Waals surface area contributed by atoms with E-state index in [0.717, 1.165) is 36.5 Å². The Hall–Kier alpha value is -1.32. The Balaban J connectivity index is 2.25. The molecule has 1 saturated carbocycles. The fourth-order valence-electron chi connectivity index (χ4n) is 2.00. The van der Waals surface area contributed by atoms with Crippen LogP contribution in [0.2, 0.25) is 0 Å². The summed E-state index contributed by atoms with van der Waals surface area (Å²) >= 11 is 0. The van der Waals surface area contributed by atoms with Crippen molar-refractivity contribution < 1.29 is 0 Å². The summed E-state index contributed by atoms with van der Waals surface area (Å²) in [5.74, 6) is 4.13. The lowest BCUT2D eigenvalue weighted by atomic mass is 10.2. The van der Waals surface area contributed by atoms with Crippen LogP contribution in [0.25, 0.3) is 0 Å². The third-order valence-electron chi connectivity index (χ3n) is 3.38. The molecule has 0 radical (unpaired) electrons. The number of hydrogen-bond donors (Lipinski definition) is 1. The summed E-state index contributed by atoms with van der Waals surface area (Å²) in [5.41, 5.74) is 0. The second kappa shape index (κ2) is 5.55. The zero-order valence-corrected chi connectivity index (χ0v) is 11.9. The van der Waals surface area contributed by atoms with E-state index in [1.165, 1.54) is 12.8 Å². The second-order valence-electron chi connectivity index (χ2n) is 5.36. The fraction of sp³-hybridized carbons (Fsp3) is 0.714. The largest absolute Gasteiger partial charge is 0.373 e. The highest BCUT2D eigenvalue weighted by atomic mass is 15.2. The molecule has 100 valence electrons. The number of aromatic nitrogens is 2. The highest BCUT2D eigenvalue weighted by Crippen LogP contribution is 2.31. The van der Waals surface area contributed by atoms with Crippen LogP contribution >= 0.6 is 0 Å². The highest BCUT2D eigenvalue weighted by Gasteiger charge is 2.24. The number of anilines is 2. The van der Waals surface area contributed by atoms with Crippen molar-refractivity contribution in [3.63, 3.8) is 0 Å². The average molecular weight is 248 g/mol. The summed E-state index contributed by atoms with van der Waals surface area (Å²) in [6.45, 7) is 8.60. The molecule has 1 aliphatic rings. The molecule has 0 amide bonds. The van der Waals surface area contributed by atoms with Gasteiger partial charge in [0.2, 0.25) is 0 Å². The van der Waals surface area contributed by atoms with Gasteiger partial charge >= 0.3 is 0 Å². The smallest absolute Gasteiger partial charge is 0.135 e. The summed E-state index contributed by atoms with van der Waals surface area (Å²) in [6, 6.07) is 2.05. The van der Waals surface area contributed by atoms with E-state index in [-0.39, 0.29) is 0 Å². The van der Waals surface area contributed by atoms with E-state index in [2.05, 4.69) is 42.0 Å². The van der Waals surface area contributed by atoms with Gasteiger partial charge in [-0.15, -0.1) is 0 Å². The van der Waals surface area contributed by atoms with Gasteiger partial charge in [-0.05, 0) is 25.7 Å². The Morgan fingerprint density at radius 1 is 1.39 bits per heavy atom. The van der Waals surface area contributed by atoms with Crippen LogP contribution in [0.5, 0.6) is 0 Å². The van der Waals surface area contributed by atoms with E-state index in [4.69, 9.17) is 4.98 Å². The van der Waals surface area contributed by atoms with Crippen molar-refractivity contribution in [2.75, 3.05) is 30.4 Å². The fourth-order valence-corrected chi connectivity index (χ4v) is 2.00. The summed E-state index contributed by atoms with van der Waals surface area (Å²) in [4.78, 5) is 11.6. The molecule has 4 nitrogen and oxygen atoms in total. The lowest BCUT2D eigenvalue weighted by molar-refractivity contribution is 0.713. The molecule has 1 aliphatic carbocycles. The Kier molecular flexibility index (Phi) is 4.04. The van der Waals surface area contributed by atoms with Crippen molar-refractivity contribution in [1.29, 1.82) is 0 Å². The molecule has 4 heteroatoms. The molecular formula is C14H24N4. The molecule has 18 heavy (non-hydrogen) atoms. The maximum Gasteiger partial charge on any atom is 0.135 e. The maximum atomic E-state index is 4.71. The Bertz CT molecular complexity index is 399. The van der Waals surface area contributed by atoms with Gasteiger partial charge in [0.1, 0.15) is 17.5 Å². The molecule has 1 fully saturated rings. The molecule has 0 spiro atoms. The van der Waals surface area contributed by atoms with Gasteiger partial charge in [-0.25, -0.2) is 9.97 Å². The van der Waals surface area contributed by atoms with Crippen molar-refractivity contribution in [2.24, 2.45) is 5.92 Å². The van der Waals surface area contributed by atoms with E-state index in [1.807, 2.05) is 7.05 Å². The Labute approximate surface area is 110 Å². The topological polar surface area (TPSA) is 41.0 Å². The lowest BCUT2D eigenvalue weighted by Gasteiger charge is -2.23. The van der Waals surface area contributed by atoms with Gasteiger partial charge in [0.25, 0.3) is 0 Å². The van der Waals surface area contributed by atoms with Crippen molar-refractivity contribution in [3.05, 3.63) is 11.9 Å². The van der Waals surface area contributed by atoms with Crippen molar-refractivity contribution >= 4 is 11.6 Å². The molecule has 0 saturated heterocycles. The van der Waals surface area contributed by atoms with Gasteiger partial charge in [-0.2, -0.15) is 0 Å². The van der Waals surface area contributed by atoms with Crippen molar-refractivity contribution in [1.82, 2.24) is 9.97 Å². The van der Waals surface area contributed by atoms with E-state index in [9.17, 15) is 0 Å². The first kappa shape index (κ1) is 13.1.